The number of hydrogen-bond acceptors (Lipinski definition) is 2. The highest BCUT2D eigenvalue weighted by molar-refractivity contribution is 5.96. The van der Waals surface area contributed by atoms with Crippen LogP contribution in [0.15, 0.2) is 18.2 Å². The maximum Gasteiger partial charge on any atom is 0.169 e. The Bertz CT molecular complexity index is 415. The molecule has 0 aromatic heterocycles. The van der Waals surface area contributed by atoms with Crippen molar-refractivity contribution in [2.45, 2.75) is 39.0 Å². The zero-order valence-electron chi connectivity index (χ0n) is 11.3. The molecule has 106 valence electrons. The van der Waals surface area contributed by atoms with Crippen molar-refractivity contribution in [3.05, 3.63) is 35.4 Å². The van der Waals surface area contributed by atoms with Crippen LogP contribution in [0.25, 0.3) is 0 Å². The minimum absolute atomic E-state index is 0.150. The minimum atomic E-state index is -1.04. The van der Waals surface area contributed by atoms with E-state index in [1.807, 2.05) is 0 Å². The van der Waals surface area contributed by atoms with Gasteiger partial charge in [-0.3, -0.25) is 4.79 Å². The fourth-order valence-corrected chi connectivity index (χ4v) is 2.27. The molecule has 0 radical (unpaired) electrons. The monoisotopic (exact) mass is 269 g/mol. The van der Waals surface area contributed by atoms with Gasteiger partial charge in [0, 0.05) is 6.42 Å². The molecule has 19 heavy (non-hydrogen) atoms. The standard InChI is InChI=1S/C15H21F2NO/c1-2-4-11(9-10-18)7-8-14(19)12-5-3-6-13(16)15(12)17/h3,5-6,11H,2,4,7-10,18H2,1H3. The van der Waals surface area contributed by atoms with Crippen LogP contribution in [0.3, 0.4) is 0 Å². The van der Waals surface area contributed by atoms with Crippen LogP contribution in [-0.2, 0) is 0 Å². The lowest BCUT2D eigenvalue weighted by Gasteiger charge is -2.14. The first-order chi connectivity index (χ1) is 9.10. The van der Waals surface area contributed by atoms with E-state index in [0.717, 1.165) is 25.3 Å². The molecule has 1 aromatic rings. The van der Waals surface area contributed by atoms with E-state index < -0.39 is 11.6 Å². The summed E-state index contributed by atoms with van der Waals surface area (Å²) in [6.45, 7) is 2.67. The number of nitrogens with two attached hydrogens (primary N) is 1. The predicted molar refractivity (Wildman–Crippen MR) is 72.0 cm³/mol. The van der Waals surface area contributed by atoms with Gasteiger partial charge in [0.15, 0.2) is 17.4 Å². The molecule has 2 N–H and O–H groups in total. The molecule has 0 aliphatic rings. The van der Waals surface area contributed by atoms with Gasteiger partial charge in [0.2, 0.25) is 0 Å². The molecule has 0 fully saturated rings. The number of carbonyl (C=O) groups excluding carboxylic acids is 1. The number of carbonyl (C=O) groups is 1. The van der Waals surface area contributed by atoms with E-state index >= 15 is 0 Å². The van der Waals surface area contributed by atoms with Crippen LogP contribution in [0.5, 0.6) is 0 Å². The van der Waals surface area contributed by atoms with Crippen LogP contribution >= 0.6 is 0 Å². The van der Waals surface area contributed by atoms with Crippen molar-refractivity contribution in [1.29, 1.82) is 0 Å². The van der Waals surface area contributed by atoms with Crippen molar-refractivity contribution in [2.24, 2.45) is 11.7 Å². The second-order valence-corrected chi connectivity index (χ2v) is 4.80. The number of halogens is 2. The number of Topliss-reactive ketones (excluding diaryl/α,β-unsaturated/α-hetero) is 1. The average Bonchev–Trinajstić information content (AvgIpc) is 2.39. The third-order valence-corrected chi connectivity index (χ3v) is 3.30. The lowest BCUT2D eigenvalue weighted by Crippen LogP contribution is -2.12. The van der Waals surface area contributed by atoms with Crippen LogP contribution in [0.2, 0.25) is 0 Å². The molecule has 1 atom stereocenters. The van der Waals surface area contributed by atoms with Crippen molar-refractivity contribution < 1.29 is 13.6 Å². The highest BCUT2D eigenvalue weighted by Gasteiger charge is 2.16. The molecule has 0 heterocycles. The quantitative estimate of drug-likeness (QED) is 0.731. The van der Waals surface area contributed by atoms with Crippen LogP contribution in [-0.4, -0.2) is 12.3 Å². The fourth-order valence-electron chi connectivity index (χ4n) is 2.27. The normalized spacial score (nSPS) is 12.4. The first kappa shape index (κ1) is 15.8. The molecule has 4 heteroatoms. The van der Waals surface area contributed by atoms with Crippen molar-refractivity contribution in [1.82, 2.24) is 0 Å². The van der Waals surface area contributed by atoms with Gasteiger partial charge >= 0.3 is 0 Å². The molecule has 0 saturated carbocycles. The topological polar surface area (TPSA) is 43.1 Å². The molecule has 0 amide bonds. The minimum Gasteiger partial charge on any atom is -0.330 e. The Hall–Kier alpha value is -1.29. The molecule has 0 aliphatic carbocycles. The molecule has 0 spiro atoms. The Balaban J connectivity index is 2.61. The molecule has 1 aromatic carbocycles. The Morgan fingerprint density at radius 1 is 1.26 bits per heavy atom. The summed E-state index contributed by atoms with van der Waals surface area (Å²) in [5.74, 6) is -1.97. The van der Waals surface area contributed by atoms with Gasteiger partial charge in [0.25, 0.3) is 0 Å². The summed E-state index contributed by atoms with van der Waals surface area (Å²) in [5, 5.41) is 0. The Morgan fingerprint density at radius 3 is 2.63 bits per heavy atom. The molecule has 0 aliphatic heterocycles. The fraction of sp³-hybridized carbons (Fsp3) is 0.533. The summed E-state index contributed by atoms with van der Waals surface area (Å²) in [4.78, 5) is 11.9. The van der Waals surface area contributed by atoms with Crippen molar-refractivity contribution in [3.63, 3.8) is 0 Å². The number of benzene rings is 1. The van der Waals surface area contributed by atoms with Gasteiger partial charge in [0.05, 0.1) is 5.56 Å². The van der Waals surface area contributed by atoms with Gasteiger partial charge in [-0.2, -0.15) is 0 Å². The van der Waals surface area contributed by atoms with Crippen molar-refractivity contribution in [3.8, 4) is 0 Å². The second-order valence-electron chi connectivity index (χ2n) is 4.80. The van der Waals surface area contributed by atoms with E-state index in [-0.39, 0.29) is 17.8 Å². The first-order valence-corrected chi connectivity index (χ1v) is 6.77. The van der Waals surface area contributed by atoms with E-state index in [1.165, 1.54) is 12.1 Å². The predicted octanol–water partition coefficient (Wildman–Crippen LogP) is 3.69. The van der Waals surface area contributed by atoms with E-state index in [0.29, 0.717) is 18.9 Å². The van der Waals surface area contributed by atoms with Crippen molar-refractivity contribution in [2.75, 3.05) is 6.54 Å². The number of hydrogen-bond donors (Lipinski definition) is 1. The third-order valence-electron chi connectivity index (χ3n) is 3.30. The summed E-state index contributed by atoms with van der Waals surface area (Å²) in [6, 6.07) is 3.70. The van der Waals surface area contributed by atoms with Gasteiger partial charge in [-0.1, -0.05) is 25.8 Å². The van der Waals surface area contributed by atoms with Crippen LogP contribution in [0.1, 0.15) is 49.4 Å². The molecule has 0 saturated heterocycles. The second kappa shape index (κ2) is 8.00. The number of ketones is 1. The maximum atomic E-state index is 13.5. The summed E-state index contributed by atoms with van der Waals surface area (Å²) < 4.78 is 26.5. The van der Waals surface area contributed by atoms with Crippen LogP contribution < -0.4 is 5.73 Å². The van der Waals surface area contributed by atoms with Crippen LogP contribution in [0.4, 0.5) is 8.78 Å². The Labute approximate surface area is 113 Å². The van der Waals surface area contributed by atoms with Gasteiger partial charge in [-0.15, -0.1) is 0 Å². The summed E-state index contributed by atoms with van der Waals surface area (Å²) in [5.41, 5.74) is 5.38. The summed E-state index contributed by atoms with van der Waals surface area (Å²) in [6.07, 6.45) is 3.83. The van der Waals surface area contributed by atoms with Crippen molar-refractivity contribution >= 4 is 5.78 Å². The lowest BCUT2D eigenvalue weighted by atomic mass is 9.92. The average molecular weight is 269 g/mol. The van der Waals surface area contributed by atoms with Gasteiger partial charge in [-0.05, 0) is 37.4 Å². The Morgan fingerprint density at radius 2 is 2.00 bits per heavy atom. The molecule has 0 bridgehead atoms. The summed E-state index contributed by atoms with van der Waals surface area (Å²) in [7, 11) is 0. The molecule has 1 rings (SSSR count). The third kappa shape index (κ3) is 4.71. The van der Waals surface area contributed by atoms with Gasteiger partial charge < -0.3 is 5.73 Å². The first-order valence-electron chi connectivity index (χ1n) is 6.77. The highest BCUT2D eigenvalue weighted by atomic mass is 19.2. The van der Waals surface area contributed by atoms with E-state index in [2.05, 4.69) is 6.92 Å². The van der Waals surface area contributed by atoms with E-state index in [4.69, 9.17) is 5.73 Å². The summed E-state index contributed by atoms with van der Waals surface area (Å²) >= 11 is 0. The van der Waals surface area contributed by atoms with Gasteiger partial charge in [-0.25, -0.2) is 8.78 Å². The molecular weight excluding hydrogens is 248 g/mol. The van der Waals surface area contributed by atoms with Gasteiger partial charge in [0.1, 0.15) is 0 Å². The SMILES string of the molecule is CCCC(CCN)CCC(=O)c1cccc(F)c1F. The maximum absolute atomic E-state index is 13.5. The molecule has 1 unspecified atom stereocenters. The Kier molecular flexibility index (Phi) is 6.64. The van der Waals surface area contributed by atoms with E-state index in [9.17, 15) is 13.6 Å². The number of rotatable bonds is 8. The molecule has 2 nitrogen and oxygen atoms in total. The smallest absolute Gasteiger partial charge is 0.169 e. The molecular formula is C15H21F2NO. The zero-order chi connectivity index (χ0) is 14.3. The zero-order valence-corrected chi connectivity index (χ0v) is 11.3. The van der Waals surface area contributed by atoms with E-state index in [1.54, 1.807) is 0 Å². The van der Waals surface area contributed by atoms with Crippen LogP contribution in [0, 0.1) is 17.6 Å². The largest absolute Gasteiger partial charge is 0.330 e. The highest BCUT2D eigenvalue weighted by Crippen LogP contribution is 2.20. The lowest BCUT2D eigenvalue weighted by molar-refractivity contribution is 0.0967.